The van der Waals surface area contributed by atoms with E-state index in [-0.39, 0.29) is 31.9 Å². The Hall–Kier alpha value is -1.18. The summed E-state index contributed by atoms with van der Waals surface area (Å²) in [5, 5.41) is 17.9. The maximum atomic E-state index is 12.3. The van der Waals surface area contributed by atoms with Crippen molar-refractivity contribution < 1.29 is 34.0 Å². The molecule has 0 unspecified atom stereocenters. The second-order valence-electron chi connectivity index (χ2n) is 13.1. The fourth-order valence-electron chi connectivity index (χ4n) is 9.51. The monoisotopic (exact) mass is 522 g/mol. The van der Waals surface area contributed by atoms with Crippen LogP contribution < -0.4 is 0 Å². The van der Waals surface area contributed by atoms with E-state index in [2.05, 4.69) is 20.8 Å². The Kier molecular flexibility index (Phi) is 9.61. The van der Waals surface area contributed by atoms with Gasteiger partial charge in [-0.25, -0.2) is 4.79 Å². The van der Waals surface area contributed by atoms with Gasteiger partial charge in [-0.15, -0.1) is 0 Å². The van der Waals surface area contributed by atoms with E-state index in [9.17, 15) is 14.7 Å². The van der Waals surface area contributed by atoms with Crippen molar-refractivity contribution in [2.24, 2.45) is 46.3 Å². The predicted molar refractivity (Wildman–Crippen MR) is 140 cm³/mol. The van der Waals surface area contributed by atoms with E-state index in [0.29, 0.717) is 48.2 Å². The van der Waals surface area contributed by atoms with Gasteiger partial charge >= 0.3 is 11.9 Å². The van der Waals surface area contributed by atoms with Crippen LogP contribution in [0.1, 0.15) is 91.4 Å². The number of aliphatic carboxylic acids is 1. The molecule has 4 saturated carbocycles. The van der Waals surface area contributed by atoms with Crippen molar-refractivity contribution in [1.82, 2.24) is 0 Å². The number of carboxylic acids is 1. The first-order chi connectivity index (χ1) is 17.7. The van der Waals surface area contributed by atoms with Crippen molar-refractivity contribution in [3.63, 3.8) is 0 Å². The fraction of sp³-hybridized carbons (Fsp3) is 0.933. The van der Waals surface area contributed by atoms with Gasteiger partial charge in [0.05, 0.1) is 26.4 Å². The van der Waals surface area contributed by atoms with Crippen LogP contribution in [0.5, 0.6) is 0 Å². The Balaban J connectivity index is 1.30. The summed E-state index contributed by atoms with van der Waals surface area (Å²) in [5.41, 5.74) is 0.693. The standard InChI is InChI=1S/C30H50O7/c1-20(4-9-27(32)33)24-7-8-25-23-6-5-21-18-22(37-28(34)19-36-17-16-35-15-14-31)10-12-29(21,2)26(23)11-13-30(24,25)3/h20-26,31H,4-19H2,1-3H3,(H,32,33)/t20-,21-,22+,23+,24-,25+,26+,29+,30-/m1/s1. The maximum absolute atomic E-state index is 12.3. The molecule has 0 aromatic rings. The number of hydrogen-bond acceptors (Lipinski definition) is 6. The average Bonchev–Trinajstić information content (AvgIpc) is 3.22. The number of carbonyl (C=O) groups is 2. The lowest BCUT2D eigenvalue weighted by Crippen LogP contribution is -2.54. The first-order valence-electron chi connectivity index (χ1n) is 14.9. The SMILES string of the molecule is C[C@H](CCC(=O)O)[C@H]1CC[C@H]2[C@@H]3CC[C@@H]4C[C@@H](OC(=O)COCCOCCO)CC[C@]4(C)[C@H]3CC[C@]12C. The highest BCUT2D eigenvalue weighted by Crippen LogP contribution is 2.68. The third kappa shape index (κ3) is 6.19. The summed E-state index contributed by atoms with van der Waals surface area (Å²) in [7, 11) is 0. The highest BCUT2D eigenvalue weighted by molar-refractivity contribution is 5.70. The minimum absolute atomic E-state index is 0.00355. The molecule has 0 aliphatic heterocycles. The highest BCUT2D eigenvalue weighted by Gasteiger charge is 2.60. The van der Waals surface area contributed by atoms with Gasteiger partial charge < -0.3 is 24.4 Å². The number of rotatable bonds is 12. The summed E-state index contributed by atoms with van der Waals surface area (Å²) >= 11 is 0. The molecular weight excluding hydrogens is 472 g/mol. The van der Waals surface area contributed by atoms with Gasteiger partial charge in [-0.1, -0.05) is 20.8 Å². The molecule has 0 saturated heterocycles. The van der Waals surface area contributed by atoms with E-state index in [4.69, 9.17) is 19.3 Å². The molecule has 0 spiro atoms. The molecular formula is C30H50O7. The minimum atomic E-state index is -0.667. The number of fused-ring (bicyclic) bond motifs is 5. The van der Waals surface area contributed by atoms with Crippen LogP contribution in [0.2, 0.25) is 0 Å². The van der Waals surface area contributed by atoms with E-state index in [1.54, 1.807) is 0 Å². The second-order valence-corrected chi connectivity index (χ2v) is 13.1. The van der Waals surface area contributed by atoms with Crippen LogP contribution >= 0.6 is 0 Å². The quantitative estimate of drug-likeness (QED) is 0.272. The Bertz CT molecular complexity index is 786. The predicted octanol–water partition coefficient (Wildman–Crippen LogP) is 5.08. The number of ether oxygens (including phenoxy) is 3. The lowest BCUT2D eigenvalue weighted by Gasteiger charge is -2.61. The Labute approximate surface area is 223 Å². The van der Waals surface area contributed by atoms with Crippen LogP contribution in [-0.4, -0.2) is 61.3 Å². The maximum Gasteiger partial charge on any atom is 0.332 e. The summed E-state index contributed by atoms with van der Waals surface area (Å²) < 4.78 is 16.3. The number of aliphatic hydroxyl groups excluding tert-OH is 1. The van der Waals surface area contributed by atoms with Gasteiger partial charge in [0.25, 0.3) is 0 Å². The molecule has 37 heavy (non-hydrogen) atoms. The van der Waals surface area contributed by atoms with Gasteiger partial charge in [-0.2, -0.15) is 0 Å². The molecule has 4 aliphatic rings. The van der Waals surface area contributed by atoms with Gasteiger partial charge in [0.1, 0.15) is 12.7 Å². The van der Waals surface area contributed by atoms with Crippen molar-refractivity contribution in [2.45, 2.75) is 97.5 Å². The Morgan fingerprint density at radius 1 is 0.919 bits per heavy atom. The second kappa shape index (κ2) is 12.3. The van der Waals surface area contributed by atoms with Crippen LogP contribution in [0.4, 0.5) is 0 Å². The van der Waals surface area contributed by atoms with E-state index in [1.165, 1.54) is 38.5 Å². The third-order valence-electron chi connectivity index (χ3n) is 11.3. The lowest BCUT2D eigenvalue weighted by atomic mass is 9.44. The minimum Gasteiger partial charge on any atom is -0.481 e. The summed E-state index contributed by atoms with van der Waals surface area (Å²) in [6.07, 6.45) is 11.8. The van der Waals surface area contributed by atoms with Gasteiger partial charge in [-0.05, 0) is 111 Å². The first-order valence-corrected chi connectivity index (χ1v) is 14.9. The zero-order valence-corrected chi connectivity index (χ0v) is 23.3. The topological polar surface area (TPSA) is 102 Å². The molecule has 0 aromatic carbocycles. The van der Waals surface area contributed by atoms with Crippen LogP contribution in [0.3, 0.4) is 0 Å². The third-order valence-corrected chi connectivity index (χ3v) is 11.3. The molecule has 9 atom stereocenters. The number of carbonyl (C=O) groups excluding carboxylic acids is 1. The molecule has 4 fully saturated rings. The van der Waals surface area contributed by atoms with E-state index >= 15 is 0 Å². The molecule has 4 rings (SSSR count). The average molecular weight is 523 g/mol. The number of carboxylic acid groups (broad SMARTS) is 1. The van der Waals surface area contributed by atoms with Crippen molar-refractivity contribution >= 4 is 11.9 Å². The molecule has 0 radical (unpaired) electrons. The Morgan fingerprint density at radius 2 is 1.65 bits per heavy atom. The van der Waals surface area contributed by atoms with Crippen LogP contribution in [0.25, 0.3) is 0 Å². The molecule has 0 heterocycles. The largest absolute Gasteiger partial charge is 0.481 e. The number of aliphatic hydroxyl groups is 1. The van der Waals surface area contributed by atoms with E-state index in [1.807, 2.05) is 0 Å². The molecule has 212 valence electrons. The summed E-state index contributed by atoms with van der Waals surface area (Å²) in [6, 6.07) is 0. The van der Waals surface area contributed by atoms with E-state index < -0.39 is 5.97 Å². The zero-order valence-electron chi connectivity index (χ0n) is 23.3. The van der Waals surface area contributed by atoms with Crippen LogP contribution in [0, 0.1) is 46.3 Å². The van der Waals surface area contributed by atoms with Crippen molar-refractivity contribution in [1.29, 1.82) is 0 Å². The molecule has 0 aromatic heterocycles. The highest BCUT2D eigenvalue weighted by atomic mass is 16.6. The first kappa shape index (κ1) is 28.8. The van der Waals surface area contributed by atoms with Gasteiger partial charge in [0.15, 0.2) is 0 Å². The molecule has 2 N–H and O–H groups in total. The van der Waals surface area contributed by atoms with Crippen molar-refractivity contribution in [2.75, 3.05) is 33.0 Å². The van der Waals surface area contributed by atoms with Crippen molar-refractivity contribution in [3.8, 4) is 0 Å². The number of hydrogen-bond donors (Lipinski definition) is 2. The summed E-state index contributed by atoms with van der Waals surface area (Å²) in [6.45, 7) is 8.28. The van der Waals surface area contributed by atoms with E-state index in [0.717, 1.165) is 43.4 Å². The van der Waals surface area contributed by atoms with Gasteiger partial charge in [0.2, 0.25) is 0 Å². The molecule has 7 nitrogen and oxygen atoms in total. The fourth-order valence-corrected chi connectivity index (χ4v) is 9.51. The summed E-state index contributed by atoms with van der Waals surface area (Å²) in [4.78, 5) is 23.5. The Morgan fingerprint density at radius 3 is 2.41 bits per heavy atom. The number of esters is 1. The molecule has 4 aliphatic carbocycles. The van der Waals surface area contributed by atoms with Gasteiger partial charge in [0, 0.05) is 6.42 Å². The summed E-state index contributed by atoms with van der Waals surface area (Å²) in [5.74, 6) is 3.12. The van der Waals surface area contributed by atoms with Gasteiger partial charge in [-0.3, -0.25) is 4.79 Å². The normalized spacial score (nSPS) is 39.8. The molecule has 0 amide bonds. The zero-order chi connectivity index (χ0) is 26.6. The van der Waals surface area contributed by atoms with Crippen LogP contribution in [-0.2, 0) is 23.8 Å². The van der Waals surface area contributed by atoms with Crippen LogP contribution in [0.15, 0.2) is 0 Å². The molecule has 7 heteroatoms. The lowest BCUT2D eigenvalue weighted by molar-refractivity contribution is -0.167. The smallest absolute Gasteiger partial charge is 0.332 e. The molecule has 0 bridgehead atoms. The van der Waals surface area contributed by atoms with Crippen molar-refractivity contribution in [3.05, 3.63) is 0 Å².